The highest BCUT2D eigenvalue weighted by Gasteiger charge is 2.21. The first-order chi connectivity index (χ1) is 14.5. The lowest BCUT2D eigenvalue weighted by atomic mass is 10.2. The van der Waals surface area contributed by atoms with E-state index < -0.39 is 16.8 Å². The quantitative estimate of drug-likeness (QED) is 0.354. The molecule has 1 amide bonds. The van der Waals surface area contributed by atoms with Crippen molar-refractivity contribution in [1.29, 1.82) is 0 Å². The maximum Gasteiger partial charge on any atom is 0.325 e. The third-order valence-corrected chi connectivity index (χ3v) is 5.43. The van der Waals surface area contributed by atoms with Gasteiger partial charge >= 0.3 is 5.97 Å². The van der Waals surface area contributed by atoms with E-state index in [1.165, 1.54) is 35.9 Å². The summed E-state index contributed by atoms with van der Waals surface area (Å²) in [4.78, 5) is 39.6. The summed E-state index contributed by atoms with van der Waals surface area (Å²) in [5.41, 5.74) is 0.114. The zero-order chi connectivity index (χ0) is 21.3. The predicted octanol–water partition coefficient (Wildman–Crippen LogP) is 2.30. The van der Waals surface area contributed by atoms with Crippen LogP contribution in [0, 0.1) is 10.1 Å². The number of ether oxygens (including phenoxy) is 3. The third-order valence-electron chi connectivity index (χ3n) is 4.39. The van der Waals surface area contributed by atoms with Crippen molar-refractivity contribution >= 4 is 39.1 Å². The molecule has 30 heavy (non-hydrogen) atoms. The van der Waals surface area contributed by atoms with E-state index in [9.17, 15) is 19.7 Å². The topological polar surface area (TPSA) is 122 Å². The number of amides is 1. The highest BCUT2D eigenvalue weighted by Crippen LogP contribution is 2.35. The molecule has 1 aliphatic heterocycles. The third kappa shape index (κ3) is 3.62. The maximum absolute atomic E-state index is 12.7. The minimum absolute atomic E-state index is 0.143. The fraction of sp³-hybridized carbons (Fsp3) is 0.211. The number of hydrogen-bond acceptors (Lipinski definition) is 8. The summed E-state index contributed by atoms with van der Waals surface area (Å²) >= 11 is 1.15. The van der Waals surface area contributed by atoms with Gasteiger partial charge in [-0.2, -0.15) is 4.99 Å². The molecule has 0 atom stereocenters. The number of thiazole rings is 1. The van der Waals surface area contributed by atoms with Crippen molar-refractivity contribution in [3.05, 3.63) is 56.9 Å². The summed E-state index contributed by atoms with van der Waals surface area (Å²) in [6.07, 6.45) is 0. The molecule has 0 saturated heterocycles. The normalized spacial score (nSPS) is 13.3. The molecular weight excluding hydrogens is 414 g/mol. The Bertz CT molecular complexity index is 1240. The Morgan fingerprint density at radius 2 is 1.93 bits per heavy atom. The van der Waals surface area contributed by atoms with Gasteiger partial charge < -0.3 is 18.8 Å². The number of benzene rings is 2. The van der Waals surface area contributed by atoms with Crippen LogP contribution in [0.15, 0.2) is 41.4 Å². The van der Waals surface area contributed by atoms with Crippen LogP contribution in [-0.2, 0) is 16.1 Å². The van der Waals surface area contributed by atoms with E-state index in [1.54, 1.807) is 12.1 Å². The van der Waals surface area contributed by atoms with Crippen molar-refractivity contribution in [2.24, 2.45) is 4.99 Å². The standard InChI is InChI=1S/C19H15N3O7S/c1-27-17(23)10-21-13-8-14-15(29-7-6-28-14)9-16(13)30-19(21)20-18(24)11-4-2-3-5-12(11)22(25)26/h2-5,8-9H,6-7,10H2,1H3. The van der Waals surface area contributed by atoms with Gasteiger partial charge in [0.15, 0.2) is 16.3 Å². The number of methoxy groups -OCH3 is 1. The molecular formula is C19H15N3O7S. The van der Waals surface area contributed by atoms with Crippen LogP contribution in [0.2, 0.25) is 0 Å². The summed E-state index contributed by atoms with van der Waals surface area (Å²) in [7, 11) is 1.26. The van der Waals surface area contributed by atoms with E-state index in [-0.39, 0.29) is 22.6 Å². The number of para-hydroxylation sites is 1. The fourth-order valence-electron chi connectivity index (χ4n) is 3.00. The molecule has 0 radical (unpaired) electrons. The summed E-state index contributed by atoms with van der Waals surface area (Å²) in [6.45, 7) is 0.617. The minimum Gasteiger partial charge on any atom is -0.486 e. The van der Waals surface area contributed by atoms with Gasteiger partial charge in [-0.1, -0.05) is 23.5 Å². The van der Waals surface area contributed by atoms with Crippen molar-refractivity contribution in [3.8, 4) is 11.5 Å². The van der Waals surface area contributed by atoms with Crippen molar-refractivity contribution in [1.82, 2.24) is 4.57 Å². The zero-order valence-corrected chi connectivity index (χ0v) is 16.5. The van der Waals surface area contributed by atoms with Gasteiger partial charge in [-0.3, -0.25) is 19.7 Å². The lowest BCUT2D eigenvalue weighted by molar-refractivity contribution is -0.385. The average molecular weight is 429 g/mol. The molecule has 3 aromatic rings. The van der Waals surface area contributed by atoms with E-state index in [0.29, 0.717) is 34.9 Å². The molecule has 0 spiro atoms. The highest BCUT2D eigenvalue weighted by atomic mass is 32.1. The number of fused-ring (bicyclic) bond motifs is 2. The lowest BCUT2D eigenvalue weighted by Gasteiger charge is -2.18. The lowest BCUT2D eigenvalue weighted by Crippen LogP contribution is -2.22. The zero-order valence-electron chi connectivity index (χ0n) is 15.7. The summed E-state index contributed by atoms with van der Waals surface area (Å²) in [5.74, 6) is -0.257. The molecule has 0 unspecified atom stereocenters. The first-order valence-corrected chi connectivity index (χ1v) is 9.62. The van der Waals surface area contributed by atoms with Gasteiger partial charge in [-0.25, -0.2) is 0 Å². The Balaban J connectivity index is 1.89. The van der Waals surface area contributed by atoms with Crippen molar-refractivity contribution in [2.75, 3.05) is 20.3 Å². The molecule has 0 fully saturated rings. The largest absolute Gasteiger partial charge is 0.486 e. The molecule has 10 nitrogen and oxygen atoms in total. The Hall–Kier alpha value is -3.73. The van der Waals surface area contributed by atoms with Crippen LogP contribution in [0.3, 0.4) is 0 Å². The van der Waals surface area contributed by atoms with Gasteiger partial charge in [-0.05, 0) is 6.07 Å². The van der Waals surface area contributed by atoms with E-state index in [0.717, 1.165) is 11.3 Å². The first-order valence-electron chi connectivity index (χ1n) is 8.80. The fourth-order valence-corrected chi connectivity index (χ4v) is 4.04. The number of rotatable bonds is 4. The van der Waals surface area contributed by atoms with Crippen LogP contribution < -0.4 is 14.3 Å². The Kier molecular flexibility index (Phi) is 5.19. The number of carbonyl (C=O) groups is 2. The molecule has 0 aliphatic carbocycles. The summed E-state index contributed by atoms with van der Waals surface area (Å²) in [5, 5.41) is 11.2. The number of nitro groups is 1. The minimum atomic E-state index is -0.787. The monoisotopic (exact) mass is 429 g/mol. The maximum atomic E-state index is 12.7. The molecule has 2 aromatic carbocycles. The number of hydrogen-bond donors (Lipinski definition) is 0. The van der Waals surface area contributed by atoms with Gasteiger partial charge in [0.1, 0.15) is 25.3 Å². The SMILES string of the molecule is COC(=O)Cn1c(=NC(=O)c2ccccc2[N+](=O)[O-])sc2cc3c(cc21)OCCO3. The highest BCUT2D eigenvalue weighted by molar-refractivity contribution is 7.16. The van der Waals surface area contributed by atoms with Crippen LogP contribution in [-0.4, -0.2) is 41.7 Å². The van der Waals surface area contributed by atoms with Crippen molar-refractivity contribution < 1.29 is 28.7 Å². The van der Waals surface area contributed by atoms with Crippen molar-refractivity contribution in [2.45, 2.75) is 6.54 Å². The Labute approximate surface area is 173 Å². The van der Waals surface area contributed by atoms with E-state index >= 15 is 0 Å². The molecule has 1 aromatic heterocycles. The van der Waals surface area contributed by atoms with Crippen LogP contribution in [0.25, 0.3) is 10.2 Å². The van der Waals surface area contributed by atoms with E-state index in [1.807, 2.05) is 0 Å². The molecule has 0 bridgehead atoms. The molecule has 11 heteroatoms. The molecule has 0 N–H and O–H groups in total. The van der Waals surface area contributed by atoms with Gasteiger partial charge in [0, 0.05) is 18.2 Å². The number of nitro benzene ring substituents is 1. The van der Waals surface area contributed by atoms with Crippen molar-refractivity contribution in [3.63, 3.8) is 0 Å². The number of aromatic nitrogens is 1. The van der Waals surface area contributed by atoms with Gasteiger partial charge in [0.2, 0.25) is 0 Å². The summed E-state index contributed by atoms with van der Waals surface area (Å²) < 4.78 is 18.2. The molecule has 0 saturated carbocycles. The first kappa shape index (κ1) is 19.6. The predicted molar refractivity (Wildman–Crippen MR) is 106 cm³/mol. The smallest absolute Gasteiger partial charge is 0.325 e. The second kappa shape index (κ2) is 7.95. The Morgan fingerprint density at radius 3 is 2.63 bits per heavy atom. The van der Waals surface area contributed by atoms with Gasteiger partial charge in [0.05, 0.1) is 22.2 Å². The number of esters is 1. The van der Waals surface area contributed by atoms with Crippen LogP contribution in [0.5, 0.6) is 11.5 Å². The number of carbonyl (C=O) groups excluding carboxylic acids is 2. The van der Waals surface area contributed by atoms with Crippen LogP contribution in [0.1, 0.15) is 10.4 Å². The molecule has 2 heterocycles. The van der Waals surface area contributed by atoms with Crippen LogP contribution in [0.4, 0.5) is 5.69 Å². The average Bonchev–Trinajstić information content (AvgIpc) is 3.07. The van der Waals surface area contributed by atoms with Crippen LogP contribution >= 0.6 is 11.3 Å². The van der Waals surface area contributed by atoms with E-state index in [4.69, 9.17) is 14.2 Å². The molecule has 4 rings (SSSR count). The van der Waals surface area contributed by atoms with E-state index in [2.05, 4.69) is 4.99 Å². The second-order valence-corrected chi connectivity index (χ2v) is 7.21. The van der Waals surface area contributed by atoms with Gasteiger partial charge in [-0.15, -0.1) is 0 Å². The molecule has 154 valence electrons. The molecule has 1 aliphatic rings. The number of nitrogens with zero attached hydrogens (tertiary/aromatic N) is 3. The Morgan fingerprint density at radius 1 is 1.23 bits per heavy atom. The summed E-state index contributed by atoms with van der Waals surface area (Å²) in [6, 6.07) is 9.01. The van der Waals surface area contributed by atoms with Gasteiger partial charge in [0.25, 0.3) is 11.6 Å². The second-order valence-electron chi connectivity index (χ2n) is 6.20.